The predicted octanol–water partition coefficient (Wildman–Crippen LogP) is 3.72. The molecule has 2 aromatic rings. The zero-order chi connectivity index (χ0) is 18.7. The van der Waals surface area contributed by atoms with Crippen LogP contribution < -0.4 is 5.32 Å². The van der Waals surface area contributed by atoms with Crippen LogP contribution in [0.5, 0.6) is 0 Å². The number of anilines is 1. The van der Waals surface area contributed by atoms with Crippen LogP contribution in [-0.2, 0) is 9.59 Å². The molecule has 26 heavy (non-hydrogen) atoms. The van der Waals surface area contributed by atoms with Crippen molar-refractivity contribution in [2.45, 2.75) is 39.7 Å². The number of nitrogens with zero attached hydrogens (tertiary/aromatic N) is 2. The van der Waals surface area contributed by atoms with E-state index < -0.39 is 11.8 Å². The molecule has 1 N–H and O–H groups in total. The van der Waals surface area contributed by atoms with Crippen molar-refractivity contribution in [3.63, 3.8) is 0 Å². The second kappa shape index (κ2) is 7.28. The molecule has 1 atom stereocenters. The molecule has 3 rings (SSSR count). The van der Waals surface area contributed by atoms with Gasteiger partial charge in [-0.3, -0.25) is 14.6 Å². The Balaban J connectivity index is 1.82. The Morgan fingerprint density at radius 2 is 1.92 bits per heavy atom. The van der Waals surface area contributed by atoms with Crippen molar-refractivity contribution in [2.75, 3.05) is 11.9 Å². The SMILES string of the molecule is Cc1cncc(NC(=O)C(=O)N2CC(C)(C)CCC2c2ccccc2)c1. The van der Waals surface area contributed by atoms with Gasteiger partial charge in [0.2, 0.25) is 0 Å². The van der Waals surface area contributed by atoms with Crippen LogP contribution in [0.25, 0.3) is 0 Å². The van der Waals surface area contributed by atoms with Gasteiger partial charge in [-0.2, -0.15) is 0 Å². The van der Waals surface area contributed by atoms with Gasteiger partial charge in [-0.25, -0.2) is 0 Å². The number of amides is 2. The van der Waals surface area contributed by atoms with E-state index in [1.165, 1.54) is 0 Å². The highest BCUT2D eigenvalue weighted by atomic mass is 16.2. The third-order valence-corrected chi connectivity index (χ3v) is 4.84. The van der Waals surface area contributed by atoms with Crippen LogP contribution in [0.1, 0.15) is 43.9 Å². The number of likely N-dealkylation sites (tertiary alicyclic amines) is 1. The summed E-state index contributed by atoms with van der Waals surface area (Å²) in [6.07, 6.45) is 5.12. The van der Waals surface area contributed by atoms with Crippen molar-refractivity contribution in [2.24, 2.45) is 5.41 Å². The van der Waals surface area contributed by atoms with Crippen molar-refractivity contribution >= 4 is 17.5 Å². The van der Waals surface area contributed by atoms with Crippen molar-refractivity contribution in [3.8, 4) is 0 Å². The van der Waals surface area contributed by atoms with E-state index in [9.17, 15) is 9.59 Å². The third-order valence-electron chi connectivity index (χ3n) is 4.84. The summed E-state index contributed by atoms with van der Waals surface area (Å²) in [4.78, 5) is 31.3. The number of piperidine rings is 1. The van der Waals surface area contributed by atoms with Gasteiger partial charge in [-0.15, -0.1) is 0 Å². The Bertz CT molecular complexity index is 802. The molecule has 136 valence electrons. The van der Waals surface area contributed by atoms with Crippen LogP contribution in [0.2, 0.25) is 0 Å². The van der Waals surface area contributed by atoms with E-state index in [4.69, 9.17) is 0 Å². The van der Waals surface area contributed by atoms with E-state index in [0.717, 1.165) is 24.0 Å². The molecule has 5 heteroatoms. The molecular weight excluding hydrogens is 326 g/mol. The Labute approximate surface area is 154 Å². The lowest BCUT2D eigenvalue weighted by Gasteiger charge is -2.43. The highest BCUT2D eigenvalue weighted by Gasteiger charge is 2.38. The first-order valence-electron chi connectivity index (χ1n) is 8.94. The normalized spacial score (nSPS) is 19.0. The average molecular weight is 351 g/mol. The second-order valence-corrected chi connectivity index (χ2v) is 7.77. The standard InChI is InChI=1S/C21H25N3O2/c1-15-11-17(13-22-12-15)23-19(25)20(26)24-14-21(2,3)10-9-18(24)16-7-5-4-6-8-16/h4-8,11-13,18H,9-10,14H2,1-3H3,(H,23,25). The first-order valence-corrected chi connectivity index (χ1v) is 8.94. The number of benzene rings is 1. The summed E-state index contributed by atoms with van der Waals surface area (Å²) < 4.78 is 0. The maximum absolute atomic E-state index is 13.0. The van der Waals surface area contributed by atoms with Gasteiger partial charge in [0.1, 0.15) is 0 Å². The molecule has 0 radical (unpaired) electrons. The number of carbonyl (C=O) groups is 2. The van der Waals surface area contributed by atoms with E-state index in [0.29, 0.717) is 12.2 Å². The maximum Gasteiger partial charge on any atom is 0.313 e. The molecule has 1 aromatic carbocycles. The molecule has 1 saturated heterocycles. The van der Waals surface area contributed by atoms with Gasteiger partial charge in [-0.1, -0.05) is 44.2 Å². The van der Waals surface area contributed by atoms with Gasteiger partial charge in [0.15, 0.2) is 0 Å². The first kappa shape index (κ1) is 18.1. The fraction of sp³-hybridized carbons (Fsp3) is 0.381. The molecule has 2 amide bonds. The van der Waals surface area contributed by atoms with Crippen molar-refractivity contribution in [3.05, 3.63) is 59.9 Å². The Hall–Kier alpha value is -2.69. The summed E-state index contributed by atoms with van der Waals surface area (Å²) in [7, 11) is 0. The lowest BCUT2D eigenvalue weighted by Crippen LogP contribution is -2.49. The molecule has 1 unspecified atom stereocenters. The number of rotatable bonds is 2. The molecule has 1 aromatic heterocycles. The predicted molar refractivity (Wildman–Crippen MR) is 102 cm³/mol. The van der Waals surface area contributed by atoms with Crippen LogP contribution in [0.3, 0.4) is 0 Å². The Kier molecular flexibility index (Phi) is 5.07. The lowest BCUT2D eigenvalue weighted by molar-refractivity contribution is -0.147. The van der Waals surface area contributed by atoms with Gasteiger partial charge < -0.3 is 10.2 Å². The highest BCUT2D eigenvalue weighted by Crippen LogP contribution is 2.39. The van der Waals surface area contributed by atoms with Crippen molar-refractivity contribution in [1.29, 1.82) is 0 Å². The van der Waals surface area contributed by atoms with Gasteiger partial charge in [0, 0.05) is 12.7 Å². The highest BCUT2D eigenvalue weighted by molar-refractivity contribution is 6.39. The number of hydrogen-bond acceptors (Lipinski definition) is 3. The molecule has 1 aliphatic rings. The Morgan fingerprint density at radius 3 is 2.62 bits per heavy atom. The fourth-order valence-electron chi connectivity index (χ4n) is 3.51. The molecule has 1 fully saturated rings. The lowest BCUT2D eigenvalue weighted by atomic mass is 9.79. The van der Waals surface area contributed by atoms with Gasteiger partial charge in [-0.05, 0) is 42.4 Å². The van der Waals surface area contributed by atoms with Crippen LogP contribution >= 0.6 is 0 Å². The van der Waals surface area contributed by atoms with Crippen LogP contribution in [-0.4, -0.2) is 28.2 Å². The topological polar surface area (TPSA) is 62.3 Å². The zero-order valence-corrected chi connectivity index (χ0v) is 15.5. The molecule has 5 nitrogen and oxygen atoms in total. The average Bonchev–Trinajstić information content (AvgIpc) is 2.61. The van der Waals surface area contributed by atoms with E-state index >= 15 is 0 Å². The smallest absolute Gasteiger partial charge is 0.313 e. The summed E-state index contributed by atoms with van der Waals surface area (Å²) in [5.41, 5.74) is 2.53. The fourth-order valence-corrected chi connectivity index (χ4v) is 3.51. The van der Waals surface area contributed by atoms with Crippen molar-refractivity contribution in [1.82, 2.24) is 9.88 Å². The molecule has 0 saturated carbocycles. The molecular formula is C21H25N3O2. The summed E-state index contributed by atoms with van der Waals surface area (Å²) in [5, 5.41) is 2.69. The summed E-state index contributed by atoms with van der Waals surface area (Å²) in [6, 6.07) is 11.7. The third kappa shape index (κ3) is 4.10. The number of pyridine rings is 1. The zero-order valence-electron chi connectivity index (χ0n) is 15.5. The number of hydrogen-bond donors (Lipinski definition) is 1. The number of aromatic nitrogens is 1. The molecule has 0 bridgehead atoms. The molecule has 0 spiro atoms. The van der Waals surface area contributed by atoms with E-state index in [-0.39, 0.29) is 11.5 Å². The van der Waals surface area contributed by atoms with E-state index in [1.807, 2.05) is 37.3 Å². The molecule has 0 aliphatic carbocycles. The van der Waals surface area contributed by atoms with Gasteiger partial charge in [0.25, 0.3) is 0 Å². The minimum atomic E-state index is -0.615. The summed E-state index contributed by atoms with van der Waals surface area (Å²) >= 11 is 0. The minimum Gasteiger partial charge on any atom is -0.327 e. The van der Waals surface area contributed by atoms with Crippen LogP contribution in [0.15, 0.2) is 48.8 Å². The largest absolute Gasteiger partial charge is 0.327 e. The monoisotopic (exact) mass is 351 g/mol. The van der Waals surface area contributed by atoms with Crippen molar-refractivity contribution < 1.29 is 9.59 Å². The van der Waals surface area contributed by atoms with Crippen LogP contribution in [0, 0.1) is 12.3 Å². The first-order chi connectivity index (χ1) is 12.4. The van der Waals surface area contributed by atoms with Gasteiger partial charge in [0.05, 0.1) is 17.9 Å². The van der Waals surface area contributed by atoms with E-state index in [2.05, 4.69) is 24.1 Å². The van der Waals surface area contributed by atoms with Gasteiger partial charge >= 0.3 is 11.8 Å². The summed E-state index contributed by atoms with van der Waals surface area (Å²) in [5.74, 6) is -1.11. The number of nitrogens with one attached hydrogen (secondary N) is 1. The molecule has 2 heterocycles. The van der Waals surface area contributed by atoms with Crippen LogP contribution in [0.4, 0.5) is 5.69 Å². The number of carbonyl (C=O) groups excluding carboxylic acids is 2. The summed E-state index contributed by atoms with van der Waals surface area (Å²) in [6.45, 7) is 6.72. The maximum atomic E-state index is 13.0. The minimum absolute atomic E-state index is 0.00783. The second-order valence-electron chi connectivity index (χ2n) is 7.77. The quantitative estimate of drug-likeness (QED) is 0.839. The Morgan fingerprint density at radius 1 is 1.19 bits per heavy atom. The number of aryl methyl sites for hydroxylation is 1. The molecule has 1 aliphatic heterocycles. The van der Waals surface area contributed by atoms with E-state index in [1.54, 1.807) is 23.4 Å².